The number of carbonyl (C=O) groups excluding carboxylic acids is 1. The number of rotatable bonds is 3. The summed E-state index contributed by atoms with van der Waals surface area (Å²) in [5.74, 6) is -1.74. The van der Waals surface area contributed by atoms with Crippen molar-refractivity contribution >= 4 is 21.7 Å². The van der Waals surface area contributed by atoms with Crippen molar-refractivity contribution in [3.8, 4) is 0 Å². The highest BCUT2D eigenvalue weighted by Gasteiger charge is 2.42. The minimum absolute atomic E-state index is 0.0270. The van der Waals surface area contributed by atoms with E-state index in [9.17, 15) is 18.0 Å². The lowest BCUT2D eigenvalue weighted by Crippen LogP contribution is -2.48. The van der Waals surface area contributed by atoms with Crippen LogP contribution >= 0.6 is 0 Å². The zero-order chi connectivity index (χ0) is 14.3. The monoisotopic (exact) mass is 289 g/mol. The van der Waals surface area contributed by atoms with Crippen molar-refractivity contribution in [2.24, 2.45) is 11.8 Å². The molecule has 0 aromatic rings. The molecule has 0 bridgehead atoms. The standard InChI is InChI=1S/C12H19NO5S/c1-12(4-5-19(17,18)7-12)13-10(14)8-2-3-9(6-8)11(15)16/h8-9H,2-7H2,1H3,(H,13,14)(H,15,16). The van der Waals surface area contributed by atoms with E-state index < -0.39 is 27.3 Å². The molecule has 1 saturated heterocycles. The second-order valence-corrected chi connectivity index (χ2v) is 8.12. The number of carboxylic acids is 1. The minimum Gasteiger partial charge on any atom is -0.481 e. The number of hydrogen-bond acceptors (Lipinski definition) is 4. The Balaban J connectivity index is 1.94. The molecule has 2 fully saturated rings. The number of hydrogen-bond donors (Lipinski definition) is 2. The van der Waals surface area contributed by atoms with Crippen LogP contribution in [0.4, 0.5) is 0 Å². The summed E-state index contributed by atoms with van der Waals surface area (Å²) >= 11 is 0. The number of nitrogens with one attached hydrogen (secondary N) is 1. The van der Waals surface area contributed by atoms with Gasteiger partial charge in [-0.25, -0.2) is 8.42 Å². The number of carbonyl (C=O) groups is 2. The molecule has 1 amide bonds. The summed E-state index contributed by atoms with van der Waals surface area (Å²) in [5, 5.41) is 11.7. The summed E-state index contributed by atoms with van der Waals surface area (Å²) in [7, 11) is -3.06. The van der Waals surface area contributed by atoms with E-state index in [4.69, 9.17) is 5.11 Å². The zero-order valence-corrected chi connectivity index (χ0v) is 11.7. The van der Waals surface area contributed by atoms with Gasteiger partial charge in [0, 0.05) is 5.92 Å². The van der Waals surface area contributed by atoms with Gasteiger partial charge in [-0.3, -0.25) is 9.59 Å². The van der Waals surface area contributed by atoms with Crippen molar-refractivity contribution in [2.75, 3.05) is 11.5 Å². The molecule has 0 aromatic heterocycles. The van der Waals surface area contributed by atoms with Gasteiger partial charge in [0.15, 0.2) is 9.84 Å². The molecule has 1 aliphatic heterocycles. The Hall–Kier alpha value is -1.11. The first kappa shape index (κ1) is 14.3. The van der Waals surface area contributed by atoms with Crippen molar-refractivity contribution in [3.63, 3.8) is 0 Å². The van der Waals surface area contributed by atoms with Gasteiger partial charge in [0.2, 0.25) is 5.91 Å². The van der Waals surface area contributed by atoms with E-state index in [1.807, 2.05) is 0 Å². The Bertz CT molecular complexity index is 500. The molecule has 19 heavy (non-hydrogen) atoms. The summed E-state index contributed by atoms with van der Waals surface area (Å²) in [6.07, 6.45) is 1.86. The molecule has 1 aliphatic carbocycles. The average Bonchev–Trinajstić information content (AvgIpc) is 2.83. The van der Waals surface area contributed by atoms with Gasteiger partial charge in [0.05, 0.1) is 23.0 Å². The molecule has 2 rings (SSSR count). The molecule has 6 nitrogen and oxygen atoms in total. The minimum atomic E-state index is -3.06. The molecule has 0 aromatic carbocycles. The van der Waals surface area contributed by atoms with Crippen molar-refractivity contribution in [3.05, 3.63) is 0 Å². The van der Waals surface area contributed by atoms with Gasteiger partial charge in [0.1, 0.15) is 0 Å². The predicted molar refractivity (Wildman–Crippen MR) is 68.3 cm³/mol. The largest absolute Gasteiger partial charge is 0.481 e. The van der Waals surface area contributed by atoms with Crippen molar-refractivity contribution in [2.45, 2.75) is 38.1 Å². The molecular weight excluding hydrogens is 270 g/mol. The first-order valence-electron chi connectivity index (χ1n) is 6.46. The molecule has 2 N–H and O–H groups in total. The lowest BCUT2D eigenvalue weighted by molar-refractivity contribution is -0.141. The lowest BCUT2D eigenvalue weighted by Gasteiger charge is -2.25. The molecule has 3 unspecified atom stereocenters. The van der Waals surface area contributed by atoms with E-state index in [1.54, 1.807) is 6.92 Å². The number of carboxylic acid groups (broad SMARTS) is 1. The molecule has 0 spiro atoms. The smallest absolute Gasteiger partial charge is 0.306 e. The highest BCUT2D eigenvalue weighted by Crippen LogP contribution is 2.32. The van der Waals surface area contributed by atoms with Gasteiger partial charge in [-0.2, -0.15) is 0 Å². The molecular formula is C12H19NO5S. The Morgan fingerprint density at radius 1 is 1.26 bits per heavy atom. The fraction of sp³-hybridized carbons (Fsp3) is 0.833. The Kier molecular flexibility index (Phi) is 3.59. The summed E-state index contributed by atoms with van der Waals surface area (Å²) in [4.78, 5) is 22.9. The van der Waals surface area contributed by atoms with Crippen LogP contribution in [0.3, 0.4) is 0 Å². The first-order chi connectivity index (χ1) is 8.71. The zero-order valence-electron chi connectivity index (χ0n) is 10.9. The topological polar surface area (TPSA) is 101 Å². The van der Waals surface area contributed by atoms with Gasteiger partial charge in [0.25, 0.3) is 0 Å². The van der Waals surface area contributed by atoms with E-state index in [0.29, 0.717) is 25.7 Å². The molecule has 3 atom stereocenters. The Morgan fingerprint density at radius 2 is 1.89 bits per heavy atom. The van der Waals surface area contributed by atoms with E-state index in [1.165, 1.54) is 0 Å². The van der Waals surface area contributed by atoms with Crippen LogP contribution in [-0.4, -0.2) is 42.4 Å². The SMILES string of the molecule is CC1(NC(=O)C2CCC(C(=O)O)C2)CCS(=O)(=O)C1. The molecule has 2 aliphatic rings. The van der Waals surface area contributed by atoms with Gasteiger partial charge in [-0.15, -0.1) is 0 Å². The third kappa shape index (κ3) is 3.26. The van der Waals surface area contributed by atoms with E-state index in [-0.39, 0.29) is 23.3 Å². The molecule has 7 heteroatoms. The fourth-order valence-electron chi connectivity index (χ4n) is 2.95. The highest BCUT2D eigenvalue weighted by molar-refractivity contribution is 7.91. The van der Waals surface area contributed by atoms with Crippen LogP contribution in [-0.2, 0) is 19.4 Å². The third-order valence-electron chi connectivity index (χ3n) is 4.08. The summed E-state index contributed by atoms with van der Waals surface area (Å²) in [6, 6.07) is 0. The van der Waals surface area contributed by atoms with Crippen LogP contribution in [0.2, 0.25) is 0 Å². The van der Waals surface area contributed by atoms with Crippen LogP contribution in [0.15, 0.2) is 0 Å². The van der Waals surface area contributed by atoms with E-state index >= 15 is 0 Å². The fourth-order valence-corrected chi connectivity index (χ4v) is 5.05. The van der Waals surface area contributed by atoms with Gasteiger partial charge in [-0.1, -0.05) is 0 Å². The first-order valence-corrected chi connectivity index (χ1v) is 8.28. The number of aliphatic carboxylic acids is 1. The van der Waals surface area contributed by atoms with Crippen molar-refractivity contribution in [1.82, 2.24) is 5.32 Å². The maximum Gasteiger partial charge on any atom is 0.306 e. The predicted octanol–water partition coefficient (Wildman–Crippen LogP) is 0.181. The maximum absolute atomic E-state index is 12.1. The molecule has 1 saturated carbocycles. The van der Waals surface area contributed by atoms with Gasteiger partial charge in [-0.05, 0) is 32.6 Å². The van der Waals surface area contributed by atoms with Crippen LogP contribution in [0.5, 0.6) is 0 Å². The summed E-state index contributed by atoms with van der Waals surface area (Å²) in [6.45, 7) is 1.74. The molecule has 0 radical (unpaired) electrons. The molecule has 1 heterocycles. The third-order valence-corrected chi connectivity index (χ3v) is 5.98. The van der Waals surface area contributed by atoms with Crippen LogP contribution in [0.1, 0.15) is 32.6 Å². The second-order valence-electron chi connectivity index (χ2n) is 5.94. The van der Waals surface area contributed by atoms with Crippen molar-refractivity contribution < 1.29 is 23.1 Å². The van der Waals surface area contributed by atoms with Crippen LogP contribution in [0, 0.1) is 11.8 Å². The Labute approximate surface area is 112 Å². The van der Waals surface area contributed by atoms with Gasteiger partial charge < -0.3 is 10.4 Å². The quantitative estimate of drug-likeness (QED) is 0.772. The van der Waals surface area contributed by atoms with Crippen molar-refractivity contribution in [1.29, 1.82) is 0 Å². The lowest BCUT2D eigenvalue weighted by atomic mass is 9.98. The van der Waals surface area contributed by atoms with Gasteiger partial charge >= 0.3 is 5.97 Å². The van der Waals surface area contributed by atoms with E-state index in [0.717, 1.165) is 0 Å². The van der Waals surface area contributed by atoms with E-state index in [2.05, 4.69) is 5.32 Å². The van der Waals surface area contributed by atoms with Crippen LogP contribution < -0.4 is 5.32 Å². The average molecular weight is 289 g/mol. The molecule has 108 valence electrons. The number of sulfone groups is 1. The summed E-state index contributed by atoms with van der Waals surface area (Å²) in [5.41, 5.74) is -0.697. The van der Waals surface area contributed by atoms with Crippen LogP contribution in [0.25, 0.3) is 0 Å². The maximum atomic E-state index is 12.1. The Morgan fingerprint density at radius 3 is 2.37 bits per heavy atom. The number of amides is 1. The second kappa shape index (κ2) is 4.77. The normalized spacial score (nSPS) is 37.1. The summed E-state index contributed by atoms with van der Waals surface area (Å²) < 4.78 is 22.9. The highest BCUT2D eigenvalue weighted by atomic mass is 32.2.